The highest BCUT2D eigenvalue weighted by Crippen LogP contribution is 2.19. The molecule has 2 aromatic rings. The minimum atomic E-state index is -0.720. The fourth-order valence-corrected chi connectivity index (χ4v) is 2.02. The molecule has 0 saturated heterocycles. The molecule has 5 nitrogen and oxygen atoms in total. The summed E-state index contributed by atoms with van der Waals surface area (Å²) < 4.78 is 22.9. The number of nitrogens with one attached hydrogen (secondary N) is 1. The van der Waals surface area contributed by atoms with Crippen LogP contribution in [-0.2, 0) is 14.3 Å². The Morgan fingerprint density at radius 2 is 1.88 bits per heavy atom. The van der Waals surface area contributed by atoms with Crippen molar-refractivity contribution in [1.29, 1.82) is 0 Å². The molecular weight excluding hydrogens is 360 g/mol. The molecule has 2 aromatic carbocycles. The minimum Gasteiger partial charge on any atom is -0.482 e. The van der Waals surface area contributed by atoms with Gasteiger partial charge in [0.05, 0.1) is 5.02 Å². The summed E-state index contributed by atoms with van der Waals surface area (Å²) in [6.45, 7) is -0.872. The van der Waals surface area contributed by atoms with Crippen LogP contribution in [-0.4, -0.2) is 25.1 Å². The lowest BCUT2D eigenvalue weighted by Crippen LogP contribution is -2.23. The summed E-state index contributed by atoms with van der Waals surface area (Å²) in [5.74, 6) is -1.50. The Bertz CT molecular complexity index is 755. The number of benzene rings is 2. The summed E-state index contributed by atoms with van der Waals surface area (Å²) in [6, 6.07) is 10.2. The Balaban J connectivity index is 1.74. The van der Waals surface area contributed by atoms with Crippen LogP contribution in [0.25, 0.3) is 0 Å². The van der Waals surface area contributed by atoms with Gasteiger partial charge < -0.3 is 14.8 Å². The van der Waals surface area contributed by atoms with Gasteiger partial charge in [-0.25, -0.2) is 9.18 Å². The van der Waals surface area contributed by atoms with E-state index in [-0.39, 0.29) is 17.3 Å². The first-order chi connectivity index (χ1) is 11.4. The van der Waals surface area contributed by atoms with Crippen molar-refractivity contribution in [3.8, 4) is 5.75 Å². The largest absolute Gasteiger partial charge is 0.482 e. The summed E-state index contributed by atoms with van der Waals surface area (Å²) in [5, 5.41) is 2.77. The maximum atomic E-state index is 13.0. The average Bonchev–Trinajstić information content (AvgIpc) is 2.54. The zero-order valence-electron chi connectivity index (χ0n) is 12.2. The maximum Gasteiger partial charge on any atom is 0.344 e. The average molecular weight is 372 g/mol. The molecule has 0 aliphatic rings. The SMILES string of the molecule is O=C(COC(=O)COc1cccc(Cl)c1)Nc1ccc(F)c(Cl)c1. The van der Waals surface area contributed by atoms with E-state index in [1.807, 2.05) is 0 Å². The Hall–Kier alpha value is -2.31. The number of hydrogen-bond acceptors (Lipinski definition) is 4. The Morgan fingerprint density at radius 3 is 2.58 bits per heavy atom. The lowest BCUT2D eigenvalue weighted by Gasteiger charge is -2.08. The van der Waals surface area contributed by atoms with E-state index in [4.69, 9.17) is 32.7 Å². The first-order valence-corrected chi connectivity index (χ1v) is 7.48. The number of hydrogen-bond donors (Lipinski definition) is 1. The van der Waals surface area contributed by atoms with Crippen LogP contribution >= 0.6 is 23.2 Å². The number of carbonyl (C=O) groups excluding carboxylic acids is 2. The van der Waals surface area contributed by atoms with Crippen molar-refractivity contribution in [2.75, 3.05) is 18.5 Å². The first-order valence-electron chi connectivity index (χ1n) is 6.73. The van der Waals surface area contributed by atoms with Gasteiger partial charge in [-0.3, -0.25) is 4.79 Å². The topological polar surface area (TPSA) is 64.6 Å². The van der Waals surface area contributed by atoms with E-state index in [9.17, 15) is 14.0 Å². The van der Waals surface area contributed by atoms with Crippen LogP contribution in [0.1, 0.15) is 0 Å². The Morgan fingerprint density at radius 1 is 1.08 bits per heavy atom. The number of ether oxygens (including phenoxy) is 2. The van der Waals surface area contributed by atoms with Crippen LogP contribution in [0.3, 0.4) is 0 Å². The molecule has 0 aliphatic carbocycles. The zero-order valence-corrected chi connectivity index (χ0v) is 13.7. The zero-order chi connectivity index (χ0) is 17.5. The highest BCUT2D eigenvalue weighted by Gasteiger charge is 2.10. The van der Waals surface area contributed by atoms with Gasteiger partial charge in [0, 0.05) is 10.7 Å². The molecule has 0 fully saturated rings. The van der Waals surface area contributed by atoms with Crippen LogP contribution in [0, 0.1) is 5.82 Å². The lowest BCUT2D eigenvalue weighted by atomic mass is 10.3. The van der Waals surface area contributed by atoms with Crippen LogP contribution in [0.15, 0.2) is 42.5 Å². The number of rotatable bonds is 6. The van der Waals surface area contributed by atoms with Crippen LogP contribution < -0.4 is 10.1 Å². The van der Waals surface area contributed by atoms with Gasteiger partial charge in [-0.15, -0.1) is 0 Å². The van der Waals surface area contributed by atoms with Crippen molar-refractivity contribution in [2.24, 2.45) is 0 Å². The summed E-state index contributed by atoms with van der Waals surface area (Å²) in [5.41, 5.74) is 0.289. The van der Waals surface area contributed by atoms with Crippen molar-refractivity contribution in [3.63, 3.8) is 0 Å². The van der Waals surface area contributed by atoms with Crippen LogP contribution in [0.4, 0.5) is 10.1 Å². The summed E-state index contributed by atoms with van der Waals surface area (Å²) in [4.78, 5) is 23.2. The number of amides is 1. The monoisotopic (exact) mass is 371 g/mol. The van der Waals surface area contributed by atoms with Gasteiger partial charge in [-0.05, 0) is 36.4 Å². The predicted octanol–water partition coefficient (Wildman–Crippen LogP) is 3.69. The van der Waals surface area contributed by atoms with E-state index in [0.717, 1.165) is 6.07 Å². The van der Waals surface area contributed by atoms with Crippen molar-refractivity contribution in [1.82, 2.24) is 0 Å². The molecule has 2 rings (SSSR count). The van der Waals surface area contributed by atoms with Gasteiger partial charge in [0.1, 0.15) is 11.6 Å². The number of carbonyl (C=O) groups is 2. The first kappa shape index (κ1) is 18.0. The van der Waals surface area contributed by atoms with Crippen molar-refractivity contribution in [2.45, 2.75) is 0 Å². The number of esters is 1. The lowest BCUT2D eigenvalue weighted by molar-refractivity contribution is -0.149. The molecule has 0 spiro atoms. The predicted molar refractivity (Wildman–Crippen MR) is 87.9 cm³/mol. The third-order valence-electron chi connectivity index (χ3n) is 2.72. The highest BCUT2D eigenvalue weighted by molar-refractivity contribution is 6.31. The number of halogens is 3. The van der Waals surface area contributed by atoms with Gasteiger partial charge in [0.2, 0.25) is 0 Å². The standard InChI is InChI=1S/C16H12Cl2FNO4/c17-10-2-1-3-12(6-10)23-9-16(22)24-8-15(21)20-11-4-5-14(19)13(18)7-11/h1-7H,8-9H2,(H,20,21). The molecule has 0 aromatic heterocycles. The second kappa shape index (κ2) is 8.52. The minimum absolute atomic E-state index is 0.125. The molecule has 126 valence electrons. The van der Waals surface area contributed by atoms with Gasteiger partial charge in [0.25, 0.3) is 5.91 Å². The molecule has 24 heavy (non-hydrogen) atoms. The Kier molecular flexibility index (Phi) is 6.40. The van der Waals surface area contributed by atoms with E-state index in [0.29, 0.717) is 10.8 Å². The van der Waals surface area contributed by atoms with E-state index < -0.39 is 24.3 Å². The summed E-state index contributed by atoms with van der Waals surface area (Å²) >= 11 is 11.4. The number of anilines is 1. The van der Waals surface area contributed by atoms with Crippen LogP contribution in [0.5, 0.6) is 5.75 Å². The molecule has 0 saturated carbocycles. The van der Waals surface area contributed by atoms with E-state index in [1.54, 1.807) is 24.3 Å². The van der Waals surface area contributed by atoms with Crippen molar-refractivity contribution < 1.29 is 23.5 Å². The maximum absolute atomic E-state index is 13.0. The third-order valence-corrected chi connectivity index (χ3v) is 3.25. The second-order valence-electron chi connectivity index (χ2n) is 4.58. The quantitative estimate of drug-likeness (QED) is 0.786. The molecule has 0 bridgehead atoms. The summed E-state index contributed by atoms with van der Waals surface area (Å²) in [7, 11) is 0. The molecule has 0 radical (unpaired) electrons. The molecule has 0 atom stereocenters. The van der Waals surface area contributed by atoms with Gasteiger partial charge in [0.15, 0.2) is 13.2 Å². The van der Waals surface area contributed by atoms with Gasteiger partial charge in [-0.2, -0.15) is 0 Å². The normalized spacial score (nSPS) is 10.1. The summed E-state index contributed by atoms with van der Waals surface area (Å²) in [6.07, 6.45) is 0. The van der Waals surface area contributed by atoms with Crippen LogP contribution in [0.2, 0.25) is 10.0 Å². The molecule has 1 amide bonds. The van der Waals surface area contributed by atoms with E-state index >= 15 is 0 Å². The van der Waals surface area contributed by atoms with Gasteiger partial charge in [-0.1, -0.05) is 29.3 Å². The highest BCUT2D eigenvalue weighted by atomic mass is 35.5. The van der Waals surface area contributed by atoms with Crippen molar-refractivity contribution >= 4 is 40.8 Å². The van der Waals surface area contributed by atoms with E-state index in [2.05, 4.69) is 5.32 Å². The fourth-order valence-electron chi connectivity index (χ4n) is 1.66. The van der Waals surface area contributed by atoms with Gasteiger partial charge >= 0.3 is 5.97 Å². The molecule has 8 heteroatoms. The molecule has 0 unspecified atom stereocenters. The third kappa shape index (κ3) is 5.72. The smallest absolute Gasteiger partial charge is 0.344 e. The second-order valence-corrected chi connectivity index (χ2v) is 5.43. The molecule has 1 N–H and O–H groups in total. The molecular formula is C16H12Cl2FNO4. The Labute approximate surface area is 147 Å². The molecule has 0 heterocycles. The van der Waals surface area contributed by atoms with E-state index in [1.165, 1.54) is 12.1 Å². The molecule has 0 aliphatic heterocycles. The van der Waals surface area contributed by atoms with Crippen molar-refractivity contribution in [3.05, 3.63) is 58.3 Å². The fraction of sp³-hybridized carbons (Fsp3) is 0.125.